The van der Waals surface area contributed by atoms with Gasteiger partial charge >= 0.3 is 0 Å². The highest BCUT2D eigenvalue weighted by molar-refractivity contribution is 8.14. The summed E-state index contributed by atoms with van der Waals surface area (Å²) in [5, 5.41) is 1.03. The summed E-state index contributed by atoms with van der Waals surface area (Å²) in [4.78, 5) is 9.66. The zero-order chi connectivity index (χ0) is 9.26. The Kier molecular flexibility index (Phi) is 2.46. The second kappa shape index (κ2) is 3.59. The molecule has 68 valence electrons. The first kappa shape index (κ1) is 8.90. The number of rotatable bonds is 0. The van der Waals surface area contributed by atoms with Gasteiger partial charge in [0.1, 0.15) is 0 Å². The van der Waals surface area contributed by atoms with E-state index in [1.54, 1.807) is 29.9 Å². The van der Waals surface area contributed by atoms with Crippen molar-refractivity contribution in [3.05, 3.63) is 18.5 Å². The Labute approximate surface area is 85.8 Å². The highest BCUT2D eigenvalue weighted by Crippen LogP contribution is 2.36. The number of nitrogens with zero attached hydrogens (tertiary/aromatic N) is 3. The molecule has 1 aliphatic heterocycles. The van der Waals surface area contributed by atoms with Crippen molar-refractivity contribution in [1.82, 2.24) is 9.29 Å². The molecule has 0 N–H and O–H groups in total. The molecular weight excluding hydrogens is 202 g/mol. The lowest BCUT2D eigenvalue weighted by molar-refractivity contribution is 0.850. The molecule has 1 aromatic rings. The Bertz CT molecular complexity index is 351. The van der Waals surface area contributed by atoms with Crippen LogP contribution in [0.5, 0.6) is 0 Å². The number of hydrogen-bond donors (Lipinski definition) is 0. The van der Waals surface area contributed by atoms with Crippen LogP contribution < -0.4 is 0 Å². The molecule has 13 heavy (non-hydrogen) atoms. The highest BCUT2D eigenvalue weighted by Gasteiger charge is 2.16. The van der Waals surface area contributed by atoms with Crippen molar-refractivity contribution >= 4 is 34.6 Å². The Morgan fingerprint density at radius 3 is 3.15 bits per heavy atom. The van der Waals surface area contributed by atoms with Crippen LogP contribution in [0, 0.1) is 0 Å². The standard InChI is InChI=1S/C8H9N3S2/c1-11-8(12-2)10-6-3-4-9-5-7(6)13-11/h3-5H,1-2H3. The van der Waals surface area contributed by atoms with Crippen LogP contribution in [0.4, 0.5) is 5.69 Å². The molecule has 0 amide bonds. The second-order valence-corrected chi connectivity index (χ2v) is 4.47. The zero-order valence-corrected chi connectivity index (χ0v) is 9.02. The molecule has 0 unspecified atom stereocenters. The van der Waals surface area contributed by atoms with Crippen molar-refractivity contribution in [1.29, 1.82) is 0 Å². The first-order chi connectivity index (χ1) is 6.31. The highest BCUT2D eigenvalue weighted by atomic mass is 32.2. The van der Waals surface area contributed by atoms with Crippen molar-refractivity contribution in [2.24, 2.45) is 4.99 Å². The number of amidine groups is 1. The minimum absolute atomic E-state index is 1.02. The number of fused-ring (bicyclic) bond motifs is 1. The van der Waals surface area contributed by atoms with Gasteiger partial charge in [0, 0.05) is 19.4 Å². The molecule has 0 saturated heterocycles. The summed E-state index contributed by atoms with van der Waals surface area (Å²) >= 11 is 3.32. The molecule has 1 aromatic heterocycles. The van der Waals surface area contributed by atoms with Crippen LogP contribution in [0.1, 0.15) is 0 Å². The quantitative estimate of drug-likeness (QED) is 0.616. The van der Waals surface area contributed by atoms with E-state index >= 15 is 0 Å². The van der Waals surface area contributed by atoms with Gasteiger partial charge in [0.05, 0.1) is 10.6 Å². The fraction of sp³-hybridized carbons (Fsp3) is 0.250. The van der Waals surface area contributed by atoms with Gasteiger partial charge in [0.25, 0.3) is 0 Å². The van der Waals surface area contributed by atoms with Gasteiger partial charge in [-0.25, -0.2) is 4.99 Å². The first-order valence-electron chi connectivity index (χ1n) is 3.79. The van der Waals surface area contributed by atoms with Crippen LogP contribution in [0.3, 0.4) is 0 Å². The van der Waals surface area contributed by atoms with Gasteiger partial charge in [-0.2, -0.15) is 0 Å². The van der Waals surface area contributed by atoms with Gasteiger partial charge in [-0.1, -0.05) is 11.8 Å². The maximum absolute atomic E-state index is 4.49. The number of aromatic nitrogens is 1. The fourth-order valence-corrected chi connectivity index (χ4v) is 2.58. The molecule has 0 spiro atoms. The minimum Gasteiger partial charge on any atom is -0.294 e. The molecule has 0 fully saturated rings. The summed E-state index contributed by atoms with van der Waals surface area (Å²) < 4.78 is 2.05. The van der Waals surface area contributed by atoms with Gasteiger partial charge in [-0.15, -0.1) is 0 Å². The summed E-state index contributed by atoms with van der Waals surface area (Å²) in [7, 11) is 2.01. The summed E-state index contributed by atoms with van der Waals surface area (Å²) in [6, 6.07) is 1.94. The topological polar surface area (TPSA) is 28.5 Å². The van der Waals surface area contributed by atoms with Crippen LogP contribution >= 0.6 is 23.7 Å². The van der Waals surface area contributed by atoms with E-state index in [-0.39, 0.29) is 0 Å². The van der Waals surface area contributed by atoms with E-state index in [1.165, 1.54) is 0 Å². The number of aliphatic imine (C=N–C) groups is 1. The van der Waals surface area contributed by atoms with Crippen LogP contribution in [-0.2, 0) is 0 Å². The van der Waals surface area contributed by atoms with E-state index in [0.29, 0.717) is 0 Å². The van der Waals surface area contributed by atoms with E-state index in [0.717, 1.165) is 15.8 Å². The van der Waals surface area contributed by atoms with Crippen LogP contribution in [-0.4, -0.2) is 27.8 Å². The van der Waals surface area contributed by atoms with Crippen molar-refractivity contribution < 1.29 is 0 Å². The van der Waals surface area contributed by atoms with Gasteiger partial charge < -0.3 is 0 Å². The second-order valence-electron chi connectivity index (χ2n) is 2.53. The predicted octanol–water partition coefficient (Wildman–Crippen LogP) is 2.38. The van der Waals surface area contributed by atoms with Gasteiger partial charge in [-0.3, -0.25) is 9.29 Å². The van der Waals surface area contributed by atoms with E-state index in [9.17, 15) is 0 Å². The maximum Gasteiger partial charge on any atom is 0.174 e. The van der Waals surface area contributed by atoms with Crippen molar-refractivity contribution in [2.75, 3.05) is 13.3 Å². The average Bonchev–Trinajstić information content (AvgIpc) is 2.17. The van der Waals surface area contributed by atoms with Gasteiger partial charge in [0.2, 0.25) is 0 Å². The molecule has 2 rings (SSSR count). The SMILES string of the molecule is CSC1=Nc2ccncc2SN1C. The number of thioether (sulfide) groups is 1. The van der Waals surface area contributed by atoms with E-state index < -0.39 is 0 Å². The molecule has 0 radical (unpaired) electrons. The molecule has 0 bridgehead atoms. The van der Waals surface area contributed by atoms with Crippen LogP contribution in [0.25, 0.3) is 0 Å². The third-order valence-electron chi connectivity index (χ3n) is 1.67. The fourth-order valence-electron chi connectivity index (χ4n) is 1.07. The lowest BCUT2D eigenvalue weighted by atomic mass is 10.4. The zero-order valence-electron chi connectivity index (χ0n) is 7.39. The lowest BCUT2D eigenvalue weighted by Crippen LogP contribution is -2.18. The Balaban J connectivity index is 2.44. The molecule has 3 nitrogen and oxygen atoms in total. The van der Waals surface area contributed by atoms with Crippen molar-refractivity contribution in [2.45, 2.75) is 4.90 Å². The summed E-state index contributed by atoms with van der Waals surface area (Å²) in [5.74, 6) is 0. The molecule has 2 heterocycles. The van der Waals surface area contributed by atoms with E-state index in [2.05, 4.69) is 14.3 Å². The largest absolute Gasteiger partial charge is 0.294 e. The summed E-state index contributed by atoms with van der Waals surface area (Å²) in [6.45, 7) is 0. The van der Waals surface area contributed by atoms with Crippen molar-refractivity contribution in [3.8, 4) is 0 Å². The van der Waals surface area contributed by atoms with E-state index in [4.69, 9.17) is 0 Å². The average molecular weight is 211 g/mol. The number of hydrogen-bond acceptors (Lipinski definition) is 5. The Morgan fingerprint density at radius 1 is 1.54 bits per heavy atom. The normalized spacial score (nSPS) is 15.2. The van der Waals surface area contributed by atoms with Crippen LogP contribution in [0.2, 0.25) is 0 Å². The molecule has 1 aliphatic rings. The summed E-state index contributed by atoms with van der Waals surface area (Å²) in [6.07, 6.45) is 5.64. The molecule has 0 aromatic carbocycles. The lowest BCUT2D eigenvalue weighted by Gasteiger charge is -2.23. The maximum atomic E-state index is 4.49. The first-order valence-corrected chi connectivity index (χ1v) is 5.79. The van der Waals surface area contributed by atoms with Gasteiger partial charge in [-0.05, 0) is 24.3 Å². The molecule has 5 heteroatoms. The third-order valence-corrected chi connectivity index (χ3v) is 3.47. The Morgan fingerprint density at radius 2 is 2.38 bits per heavy atom. The summed E-state index contributed by atoms with van der Waals surface area (Å²) in [5.41, 5.74) is 1.02. The van der Waals surface area contributed by atoms with E-state index in [1.807, 2.05) is 25.6 Å². The minimum atomic E-state index is 1.02. The molecule has 0 atom stereocenters. The number of pyridine rings is 1. The smallest absolute Gasteiger partial charge is 0.174 e. The predicted molar refractivity (Wildman–Crippen MR) is 58.5 cm³/mol. The van der Waals surface area contributed by atoms with Gasteiger partial charge in [0.15, 0.2) is 5.17 Å². The molecule has 0 aliphatic carbocycles. The molecular formula is C8H9N3S2. The monoisotopic (exact) mass is 211 g/mol. The van der Waals surface area contributed by atoms with Crippen molar-refractivity contribution in [3.63, 3.8) is 0 Å². The molecule has 0 saturated carbocycles. The Hall–Kier alpha value is -0.680. The third kappa shape index (κ3) is 1.66. The van der Waals surface area contributed by atoms with Crippen LogP contribution in [0.15, 0.2) is 28.3 Å².